The Morgan fingerprint density at radius 1 is 0.929 bits per heavy atom. The molecule has 0 aliphatic carbocycles. The molecule has 0 aliphatic rings. The van der Waals surface area contributed by atoms with Gasteiger partial charge in [-0.15, -0.1) is 11.3 Å². The summed E-state index contributed by atoms with van der Waals surface area (Å²) in [7, 11) is 0. The fourth-order valence-electron chi connectivity index (χ4n) is 3.06. The van der Waals surface area contributed by atoms with Gasteiger partial charge in [-0.1, -0.05) is 72.3 Å². The highest BCUT2D eigenvalue weighted by Crippen LogP contribution is 2.29. The van der Waals surface area contributed by atoms with E-state index in [4.69, 9.17) is 4.98 Å². The Morgan fingerprint density at radius 3 is 2.46 bits per heavy atom. The highest BCUT2D eigenvalue weighted by molar-refractivity contribution is 7.13. The molecule has 1 N–H and O–H groups in total. The molecule has 0 saturated carbocycles. The number of rotatable bonds is 5. The molecule has 0 saturated heterocycles. The smallest absolute Gasteiger partial charge is 0.228 e. The molecule has 3 aromatic carbocycles. The fraction of sp³-hybridized carbons (Fsp3) is 0.0833. The quantitative estimate of drug-likeness (QED) is 0.461. The molecule has 0 atom stereocenters. The summed E-state index contributed by atoms with van der Waals surface area (Å²) in [6.45, 7) is 2.03. The topological polar surface area (TPSA) is 42.0 Å². The Bertz CT molecular complexity index is 1090. The van der Waals surface area contributed by atoms with Gasteiger partial charge >= 0.3 is 0 Å². The molecule has 4 heteroatoms. The summed E-state index contributed by atoms with van der Waals surface area (Å²) in [5, 5.41) is 6.03. The summed E-state index contributed by atoms with van der Waals surface area (Å²) < 4.78 is 0. The molecule has 0 spiro atoms. The van der Waals surface area contributed by atoms with Crippen LogP contribution in [0.25, 0.3) is 21.8 Å². The van der Waals surface area contributed by atoms with Crippen LogP contribution in [0.2, 0.25) is 0 Å². The lowest BCUT2D eigenvalue weighted by atomic mass is 10.1. The number of carbonyl (C=O) groups is 1. The lowest BCUT2D eigenvalue weighted by Gasteiger charge is -2.07. The van der Waals surface area contributed by atoms with E-state index in [1.165, 1.54) is 0 Å². The number of thiazole rings is 1. The van der Waals surface area contributed by atoms with Crippen LogP contribution in [-0.2, 0) is 11.2 Å². The second-order valence-electron chi connectivity index (χ2n) is 6.70. The molecule has 3 nitrogen and oxygen atoms in total. The number of anilines is 1. The standard InChI is InChI=1S/C24H20N2OS/c1-17-6-5-7-18(14-17)15-23(27)25-21-12-10-19(11-13-21)22-16-28-24(26-22)20-8-3-2-4-9-20/h2-14,16H,15H2,1H3,(H,25,27). The largest absolute Gasteiger partial charge is 0.326 e. The van der Waals surface area contributed by atoms with Gasteiger partial charge in [0.1, 0.15) is 5.01 Å². The van der Waals surface area contributed by atoms with Crippen molar-refractivity contribution in [2.45, 2.75) is 13.3 Å². The first kappa shape index (κ1) is 18.1. The van der Waals surface area contributed by atoms with Crippen LogP contribution in [0.1, 0.15) is 11.1 Å². The van der Waals surface area contributed by atoms with Crippen molar-refractivity contribution in [2.24, 2.45) is 0 Å². The second-order valence-corrected chi connectivity index (χ2v) is 7.55. The van der Waals surface area contributed by atoms with Gasteiger partial charge in [-0.25, -0.2) is 4.98 Å². The van der Waals surface area contributed by atoms with Gasteiger partial charge in [0.15, 0.2) is 0 Å². The SMILES string of the molecule is Cc1cccc(CC(=O)Nc2ccc(-c3csc(-c4ccccc4)n3)cc2)c1. The number of nitrogens with zero attached hydrogens (tertiary/aromatic N) is 1. The average Bonchev–Trinajstić information content (AvgIpc) is 3.19. The van der Waals surface area contributed by atoms with Crippen LogP contribution in [0.5, 0.6) is 0 Å². The molecule has 0 aliphatic heterocycles. The van der Waals surface area contributed by atoms with Crippen LogP contribution in [0.15, 0.2) is 84.2 Å². The van der Waals surface area contributed by atoms with Gasteiger partial charge in [-0.3, -0.25) is 4.79 Å². The van der Waals surface area contributed by atoms with Crippen LogP contribution in [0.4, 0.5) is 5.69 Å². The molecule has 1 amide bonds. The highest BCUT2D eigenvalue weighted by Gasteiger charge is 2.08. The molecular formula is C24H20N2OS. The number of hydrogen-bond donors (Lipinski definition) is 1. The summed E-state index contributed by atoms with van der Waals surface area (Å²) in [5.41, 5.74) is 6.08. The maximum Gasteiger partial charge on any atom is 0.228 e. The van der Waals surface area contributed by atoms with E-state index in [0.717, 1.165) is 38.6 Å². The van der Waals surface area contributed by atoms with Crippen LogP contribution in [-0.4, -0.2) is 10.9 Å². The van der Waals surface area contributed by atoms with Crippen molar-refractivity contribution in [3.63, 3.8) is 0 Å². The lowest BCUT2D eigenvalue weighted by Crippen LogP contribution is -2.14. The molecule has 138 valence electrons. The molecule has 0 bridgehead atoms. The summed E-state index contributed by atoms with van der Waals surface area (Å²) >= 11 is 1.63. The van der Waals surface area contributed by atoms with Gasteiger partial charge in [0, 0.05) is 22.2 Å². The van der Waals surface area contributed by atoms with E-state index >= 15 is 0 Å². The normalized spacial score (nSPS) is 10.6. The molecule has 0 radical (unpaired) electrons. The highest BCUT2D eigenvalue weighted by atomic mass is 32.1. The Hall–Kier alpha value is -3.24. The molecule has 28 heavy (non-hydrogen) atoms. The first-order chi connectivity index (χ1) is 13.7. The van der Waals surface area contributed by atoms with E-state index in [0.29, 0.717) is 6.42 Å². The maximum atomic E-state index is 12.3. The third-order valence-corrected chi connectivity index (χ3v) is 5.33. The van der Waals surface area contributed by atoms with Gasteiger partial charge in [0.25, 0.3) is 0 Å². The van der Waals surface area contributed by atoms with Gasteiger partial charge in [0.2, 0.25) is 5.91 Å². The van der Waals surface area contributed by atoms with Crippen molar-refractivity contribution in [1.82, 2.24) is 4.98 Å². The van der Waals surface area contributed by atoms with E-state index in [1.54, 1.807) is 11.3 Å². The predicted octanol–water partition coefficient (Wildman–Crippen LogP) is 5.97. The third-order valence-electron chi connectivity index (χ3n) is 4.44. The molecule has 1 aromatic heterocycles. The minimum atomic E-state index is -0.0154. The summed E-state index contributed by atoms with van der Waals surface area (Å²) in [6, 6.07) is 26.0. The van der Waals surface area contributed by atoms with Crippen LogP contribution in [0.3, 0.4) is 0 Å². The lowest BCUT2D eigenvalue weighted by molar-refractivity contribution is -0.115. The minimum Gasteiger partial charge on any atom is -0.326 e. The van der Waals surface area contributed by atoms with Crippen LogP contribution in [0, 0.1) is 6.92 Å². The van der Waals surface area contributed by atoms with Gasteiger partial charge in [-0.05, 0) is 24.6 Å². The summed E-state index contributed by atoms with van der Waals surface area (Å²) in [6.07, 6.45) is 0.371. The first-order valence-corrected chi connectivity index (χ1v) is 10.0. The third kappa shape index (κ3) is 4.35. The number of benzene rings is 3. The molecule has 1 heterocycles. The van der Waals surface area contributed by atoms with Crippen molar-refractivity contribution in [3.05, 3.63) is 95.4 Å². The minimum absolute atomic E-state index is 0.0154. The Labute approximate surface area is 168 Å². The van der Waals surface area contributed by atoms with Crippen molar-refractivity contribution in [2.75, 3.05) is 5.32 Å². The number of aryl methyl sites for hydroxylation is 1. The summed E-state index contributed by atoms with van der Waals surface area (Å²) in [5.74, 6) is -0.0154. The number of amides is 1. The van der Waals surface area contributed by atoms with Crippen molar-refractivity contribution in [1.29, 1.82) is 0 Å². The monoisotopic (exact) mass is 384 g/mol. The Balaban J connectivity index is 1.43. The van der Waals surface area contributed by atoms with Gasteiger partial charge in [0.05, 0.1) is 12.1 Å². The first-order valence-electron chi connectivity index (χ1n) is 9.14. The predicted molar refractivity (Wildman–Crippen MR) is 116 cm³/mol. The van der Waals surface area contributed by atoms with E-state index in [-0.39, 0.29) is 5.91 Å². The van der Waals surface area contributed by atoms with Crippen molar-refractivity contribution >= 4 is 22.9 Å². The Kier molecular flexibility index (Phi) is 5.31. The number of aromatic nitrogens is 1. The zero-order valence-corrected chi connectivity index (χ0v) is 16.4. The number of nitrogens with one attached hydrogen (secondary N) is 1. The number of carbonyl (C=O) groups excluding carboxylic acids is 1. The second kappa shape index (κ2) is 8.19. The number of hydrogen-bond acceptors (Lipinski definition) is 3. The van der Waals surface area contributed by atoms with Gasteiger partial charge < -0.3 is 5.32 Å². The molecule has 4 rings (SSSR count). The molecule has 4 aromatic rings. The average molecular weight is 385 g/mol. The van der Waals surface area contributed by atoms with E-state index in [2.05, 4.69) is 22.8 Å². The molecule has 0 unspecified atom stereocenters. The Morgan fingerprint density at radius 2 is 1.71 bits per heavy atom. The van der Waals surface area contributed by atoms with E-state index in [1.807, 2.05) is 73.7 Å². The van der Waals surface area contributed by atoms with Crippen molar-refractivity contribution < 1.29 is 4.79 Å². The van der Waals surface area contributed by atoms with Crippen molar-refractivity contribution in [3.8, 4) is 21.8 Å². The van der Waals surface area contributed by atoms with Gasteiger partial charge in [-0.2, -0.15) is 0 Å². The zero-order valence-electron chi connectivity index (χ0n) is 15.6. The maximum absolute atomic E-state index is 12.3. The van der Waals surface area contributed by atoms with E-state index < -0.39 is 0 Å². The van der Waals surface area contributed by atoms with E-state index in [9.17, 15) is 4.79 Å². The van der Waals surface area contributed by atoms with Crippen LogP contribution < -0.4 is 5.32 Å². The molecule has 0 fully saturated rings. The molecular weight excluding hydrogens is 364 g/mol. The van der Waals surface area contributed by atoms with Crippen LogP contribution >= 0.6 is 11.3 Å². The fourth-order valence-corrected chi connectivity index (χ4v) is 3.89. The summed E-state index contributed by atoms with van der Waals surface area (Å²) in [4.78, 5) is 17.0. The zero-order chi connectivity index (χ0) is 19.3.